The van der Waals surface area contributed by atoms with Crippen LogP contribution >= 0.6 is 0 Å². The molecule has 1 nitrogen and oxygen atoms in total. The van der Waals surface area contributed by atoms with E-state index in [4.69, 9.17) is 0 Å². The van der Waals surface area contributed by atoms with Gasteiger partial charge in [0, 0.05) is 10.8 Å². The molecule has 0 aromatic rings. The van der Waals surface area contributed by atoms with Gasteiger partial charge in [-0.1, -0.05) is 47.5 Å². The fourth-order valence-corrected chi connectivity index (χ4v) is 1.68. The largest absolute Gasteiger partial charge is 0.376 e. The van der Waals surface area contributed by atoms with Crippen molar-refractivity contribution in [2.24, 2.45) is 10.8 Å². The third-order valence-corrected chi connectivity index (χ3v) is 2.48. The normalized spacial score (nSPS) is 13.5. The quantitative estimate of drug-likeness (QED) is 0.571. The summed E-state index contributed by atoms with van der Waals surface area (Å²) in [5.41, 5.74) is -1.39. The van der Waals surface area contributed by atoms with Crippen LogP contribution in [0.15, 0.2) is 0 Å². The van der Waals surface area contributed by atoms with Crippen LogP contribution in [-0.4, -0.2) is 10.7 Å². The van der Waals surface area contributed by atoms with Crippen molar-refractivity contribution in [2.75, 3.05) is 0 Å². The second-order valence-corrected chi connectivity index (χ2v) is 5.59. The molecule has 76 valence electrons. The Morgan fingerprint density at radius 2 is 1.15 bits per heavy atom. The molecule has 0 atom stereocenters. The lowest BCUT2D eigenvalue weighted by Crippen LogP contribution is -2.52. The first-order chi connectivity index (χ1) is 5.56. The minimum Gasteiger partial charge on any atom is -0.376 e. The molecule has 0 fully saturated rings. The second kappa shape index (κ2) is 3.35. The third-order valence-electron chi connectivity index (χ3n) is 2.48. The highest BCUT2D eigenvalue weighted by atomic mass is 16.3. The molecule has 1 heteroatoms. The van der Waals surface area contributed by atoms with Crippen molar-refractivity contribution in [3.63, 3.8) is 0 Å². The summed E-state index contributed by atoms with van der Waals surface area (Å²) in [5.74, 6) is 5.77. The first-order valence-electron chi connectivity index (χ1n) is 4.72. The van der Waals surface area contributed by atoms with Crippen molar-refractivity contribution in [1.82, 2.24) is 0 Å². The first-order valence-corrected chi connectivity index (χ1v) is 4.72. The van der Waals surface area contributed by atoms with Gasteiger partial charge in [0.25, 0.3) is 0 Å². The Morgan fingerprint density at radius 1 is 0.846 bits per heavy atom. The van der Waals surface area contributed by atoms with E-state index in [1.807, 2.05) is 41.5 Å². The third kappa shape index (κ3) is 2.25. The van der Waals surface area contributed by atoms with Gasteiger partial charge >= 0.3 is 0 Å². The van der Waals surface area contributed by atoms with Crippen LogP contribution in [0.25, 0.3) is 0 Å². The second-order valence-electron chi connectivity index (χ2n) is 5.59. The van der Waals surface area contributed by atoms with Gasteiger partial charge in [0.2, 0.25) is 0 Å². The average molecular weight is 182 g/mol. The van der Waals surface area contributed by atoms with E-state index in [9.17, 15) is 5.11 Å². The van der Waals surface area contributed by atoms with E-state index < -0.39 is 5.60 Å². The zero-order valence-corrected chi connectivity index (χ0v) is 9.95. The first kappa shape index (κ1) is 12.5. The van der Waals surface area contributed by atoms with Crippen LogP contribution < -0.4 is 0 Å². The zero-order chi connectivity index (χ0) is 10.9. The van der Waals surface area contributed by atoms with Gasteiger partial charge in [0.15, 0.2) is 0 Å². The molecule has 0 amide bonds. The molecular formula is C12H22O. The smallest absolute Gasteiger partial charge is 0.135 e. The standard InChI is InChI=1S/C12H22O/c1-8-9-12(13,10(2,3)4)11(5,6)7/h13H,1-7H3. The highest BCUT2D eigenvalue weighted by molar-refractivity contribution is 5.21. The highest BCUT2D eigenvalue weighted by Gasteiger charge is 2.48. The van der Waals surface area contributed by atoms with Gasteiger partial charge in [-0.2, -0.15) is 0 Å². The molecule has 0 saturated heterocycles. The molecule has 0 heterocycles. The van der Waals surface area contributed by atoms with Crippen molar-refractivity contribution in [3.05, 3.63) is 0 Å². The molecule has 0 spiro atoms. The fourth-order valence-electron chi connectivity index (χ4n) is 1.68. The predicted octanol–water partition coefficient (Wildman–Crippen LogP) is 2.83. The van der Waals surface area contributed by atoms with Gasteiger partial charge < -0.3 is 5.11 Å². The van der Waals surface area contributed by atoms with Crippen LogP contribution in [0.3, 0.4) is 0 Å². The molecule has 0 aliphatic heterocycles. The van der Waals surface area contributed by atoms with Crippen molar-refractivity contribution in [1.29, 1.82) is 0 Å². The van der Waals surface area contributed by atoms with E-state index in [1.165, 1.54) is 0 Å². The molecule has 13 heavy (non-hydrogen) atoms. The summed E-state index contributed by atoms with van der Waals surface area (Å²) in [5, 5.41) is 10.5. The minimum atomic E-state index is -0.936. The summed E-state index contributed by atoms with van der Waals surface area (Å²) >= 11 is 0. The van der Waals surface area contributed by atoms with E-state index in [0.717, 1.165) is 0 Å². The van der Waals surface area contributed by atoms with Gasteiger partial charge in [-0.25, -0.2) is 0 Å². The Balaban J connectivity index is 5.30. The SMILES string of the molecule is CC#CC(O)(C(C)(C)C)C(C)(C)C. The number of aliphatic hydroxyl groups is 1. The van der Waals surface area contributed by atoms with E-state index in [2.05, 4.69) is 11.8 Å². The summed E-state index contributed by atoms with van der Waals surface area (Å²) in [4.78, 5) is 0. The molecule has 0 aliphatic carbocycles. The molecule has 0 unspecified atom stereocenters. The average Bonchev–Trinajstić information content (AvgIpc) is 1.82. The predicted molar refractivity (Wildman–Crippen MR) is 57.3 cm³/mol. The topological polar surface area (TPSA) is 20.2 Å². The summed E-state index contributed by atoms with van der Waals surface area (Å²) in [6, 6.07) is 0. The Labute approximate surface area is 82.5 Å². The molecule has 0 saturated carbocycles. The van der Waals surface area contributed by atoms with E-state index in [1.54, 1.807) is 6.92 Å². The molecule has 1 N–H and O–H groups in total. The lowest BCUT2D eigenvalue weighted by Gasteiger charge is -2.45. The monoisotopic (exact) mass is 182 g/mol. The van der Waals surface area contributed by atoms with Gasteiger partial charge in [-0.3, -0.25) is 0 Å². The van der Waals surface area contributed by atoms with Gasteiger partial charge in [-0.05, 0) is 6.92 Å². The van der Waals surface area contributed by atoms with Crippen molar-refractivity contribution >= 4 is 0 Å². The van der Waals surface area contributed by atoms with Crippen LogP contribution in [-0.2, 0) is 0 Å². The lowest BCUT2D eigenvalue weighted by molar-refractivity contribution is -0.0875. The maximum absolute atomic E-state index is 10.5. The molecule has 0 aromatic heterocycles. The van der Waals surface area contributed by atoms with E-state index in [-0.39, 0.29) is 10.8 Å². The lowest BCUT2D eigenvalue weighted by atomic mass is 9.63. The van der Waals surface area contributed by atoms with Crippen LogP contribution in [0.5, 0.6) is 0 Å². The van der Waals surface area contributed by atoms with Crippen LogP contribution in [0, 0.1) is 22.7 Å². The van der Waals surface area contributed by atoms with Crippen molar-refractivity contribution in [2.45, 2.75) is 54.1 Å². The summed E-state index contributed by atoms with van der Waals surface area (Å²) in [6.07, 6.45) is 0. The van der Waals surface area contributed by atoms with Gasteiger partial charge in [0.05, 0.1) is 0 Å². The van der Waals surface area contributed by atoms with Crippen LogP contribution in [0.1, 0.15) is 48.5 Å². The molecule has 0 radical (unpaired) electrons. The van der Waals surface area contributed by atoms with Gasteiger partial charge in [0.1, 0.15) is 5.60 Å². The Kier molecular flexibility index (Phi) is 3.22. The number of hydrogen-bond acceptors (Lipinski definition) is 1. The fraction of sp³-hybridized carbons (Fsp3) is 0.833. The van der Waals surface area contributed by atoms with Crippen molar-refractivity contribution in [3.8, 4) is 11.8 Å². The zero-order valence-electron chi connectivity index (χ0n) is 9.95. The van der Waals surface area contributed by atoms with E-state index in [0.29, 0.717) is 0 Å². The van der Waals surface area contributed by atoms with Gasteiger partial charge in [-0.15, -0.1) is 5.92 Å². The Hall–Kier alpha value is -0.480. The van der Waals surface area contributed by atoms with Crippen LogP contribution in [0.4, 0.5) is 0 Å². The maximum atomic E-state index is 10.5. The number of hydrogen-bond donors (Lipinski definition) is 1. The highest BCUT2D eigenvalue weighted by Crippen LogP contribution is 2.43. The molecule has 0 aromatic carbocycles. The molecular weight excluding hydrogens is 160 g/mol. The summed E-state index contributed by atoms with van der Waals surface area (Å²) < 4.78 is 0. The van der Waals surface area contributed by atoms with Crippen LogP contribution in [0.2, 0.25) is 0 Å². The van der Waals surface area contributed by atoms with Crippen molar-refractivity contribution < 1.29 is 5.11 Å². The summed E-state index contributed by atoms with van der Waals surface area (Å²) in [6.45, 7) is 13.9. The Morgan fingerprint density at radius 3 is 1.23 bits per heavy atom. The molecule has 0 aliphatic rings. The summed E-state index contributed by atoms with van der Waals surface area (Å²) in [7, 11) is 0. The molecule has 0 bridgehead atoms. The minimum absolute atomic E-state index is 0.228. The number of rotatable bonds is 0. The molecule has 0 rings (SSSR count). The maximum Gasteiger partial charge on any atom is 0.135 e. The Bertz CT molecular complexity index is 213. The van der Waals surface area contributed by atoms with E-state index >= 15 is 0 Å².